The van der Waals surface area contributed by atoms with Crippen LogP contribution in [0.25, 0.3) is 11.6 Å². The van der Waals surface area contributed by atoms with Crippen LogP contribution in [0.4, 0.5) is 0 Å². The summed E-state index contributed by atoms with van der Waals surface area (Å²) in [5.74, 6) is 0.444. The quantitative estimate of drug-likeness (QED) is 0.798. The van der Waals surface area contributed by atoms with Crippen LogP contribution in [-0.2, 0) is 0 Å². The predicted octanol–water partition coefficient (Wildman–Crippen LogP) is 3.46. The zero-order valence-electron chi connectivity index (χ0n) is 7.29. The van der Waals surface area contributed by atoms with Crippen LogP contribution in [0.5, 0.6) is 0 Å². The summed E-state index contributed by atoms with van der Waals surface area (Å²) in [7, 11) is 0. The van der Waals surface area contributed by atoms with Gasteiger partial charge in [-0.15, -0.1) is 0 Å². The van der Waals surface area contributed by atoms with Gasteiger partial charge in [0.2, 0.25) is 5.89 Å². The Morgan fingerprint density at radius 1 is 1.50 bits per heavy atom. The molecule has 0 fully saturated rings. The fourth-order valence-corrected chi connectivity index (χ4v) is 1.74. The highest BCUT2D eigenvalue weighted by Crippen LogP contribution is 2.27. The van der Waals surface area contributed by atoms with E-state index >= 15 is 0 Å². The third-order valence-electron chi connectivity index (χ3n) is 1.63. The van der Waals surface area contributed by atoms with E-state index in [9.17, 15) is 0 Å². The minimum atomic E-state index is 0.444. The molecule has 0 saturated heterocycles. The fourth-order valence-electron chi connectivity index (χ4n) is 1.03. The van der Waals surface area contributed by atoms with Crippen molar-refractivity contribution in [1.82, 2.24) is 9.97 Å². The normalized spacial score (nSPS) is 10.5. The van der Waals surface area contributed by atoms with Gasteiger partial charge in [-0.2, -0.15) is 0 Å². The molecule has 0 spiro atoms. The van der Waals surface area contributed by atoms with Gasteiger partial charge in [0.05, 0.1) is 10.7 Å². The van der Waals surface area contributed by atoms with Crippen molar-refractivity contribution in [2.24, 2.45) is 0 Å². The van der Waals surface area contributed by atoms with Crippen LogP contribution in [0.3, 0.4) is 0 Å². The van der Waals surface area contributed by atoms with Crippen LogP contribution in [0, 0.1) is 6.92 Å². The molecule has 14 heavy (non-hydrogen) atoms. The van der Waals surface area contributed by atoms with Crippen LogP contribution in [-0.4, -0.2) is 9.97 Å². The van der Waals surface area contributed by atoms with Crippen molar-refractivity contribution >= 4 is 27.5 Å². The highest BCUT2D eigenvalue weighted by atomic mass is 79.9. The summed E-state index contributed by atoms with van der Waals surface area (Å²) in [6, 6.07) is 1.75. The SMILES string of the molecule is Cc1coc(-c2ncc(Br)cc2Cl)n1. The predicted molar refractivity (Wildman–Crippen MR) is 57.2 cm³/mol. The van der Waals surface area contributed by atoms with Gasteiger partial charge in [0.25, 0.3) is 0 Å². The Bertz CT molecular complexity index is 470. The lowest BCUT2D eigenvalue weighted by Crippen LogP contribution is -1.85. The summed E-state index contributed by atoms with van der Waals surface area (Å²) in [6.45, 7) is 1.85. The number of rotatable bonds is 1. The van der Waals surface area contributed by atoms with Crippen molar-refractivity contribution in [3.63, 3.8) is 0 Å². The lowest BCUT2D eigenvalue weighted by Gasteiger charge is -1.98. The second-order valence-corrected chi connectivity index (χ2v) is 4.10. The van der Waals surface area contributed by atoms with Gasteiger partial charge in [-0.1, -0.05) is 11.6 Å². The number of aromatic nitrogens is 2. The summed E-state index contributed by atoms with van der Waals surface area (Å²) >= 11 is 9.26. The Kier molecular flexibility index (Phi) is 2.56. The van der Waals surface area contributed by atoms with Crippen molar-refractivity contribution in [3.05, 3.63) is 33.7 Å². The van der Waals surface area contributed by atoms with Gasteiger partial charge in [-0.25, -0.2) is 9.97 Å². The molecule has 0 amide bonds. The van der Waals surface area contributed by atoms with E-state index in [4.69, 9.17) is 16.0 Å². The molecule has 2 heterocycles. The molecule has 0 saturated carbocycles. The van der Waals surface area contributed by atoms with Gasteiger partial charge in [0.15, 0.2) is 0 Å². The largest absolute Gasteiger partial charge is 0.443 e. The van der Waals surface area contributed by atoms with Gasteiger partial charge < -0.3 is 4.42 Å². The fraction of sp³-hybridized carbons (Fsp3) is 0.111. The van der Waals surface area contributed by atoms with E-state index < -0.39 is 0 Å². The standard InChI is InChI=1S/C9H6BrClN2O/c1-5-4-14-9(13-5)8-7(11)2-6(10)3-12-8/h2-4H,1H3. The Morgan fingerprint density at radius 2 is 2.29 bits per heavy atom. The Hall–Kier alpha value is -0.870. The van der Waals surface area contributed by atoms with Crippen molar-refractivity contribution in [2.45, 2.75) is 6.92 Å². The summed E-state index contributed by atoms with van der Waals surface area (Å²) in [5.41, 5.74) is 1.36. The van der Waals surface area contributed by atoms with E-state index in [1.807, 2.05) is 6.92 Å². The Labute approximate surface area is 94.3 Å². The molecule has 0 radical (unpaired) electrons. The molecule has 0 unspecified atom stereocenters. The molecule has 3 nitrogen and oxygen atoms in total. The van der Waals surface area contributed by atoms with Crippen molar-refractivity contribution in [2.75, 3.05) is 0 Å². The number of halogens is 2. The number of hydrogen-bond acceptors (Lipinski definition) is 3. The number of hydrogen-bond donors (Lipinski definition) is 0. The molecule has 0 atom stereocenters. The molecule has 2 aromatic heterocycles. The van der Waals surface area contributed by atoms with E-state index in [1.165, 1.54) is 0 Å². The third-order valence-corrected chi connectivity index (χ3v) is 2.35. The van der Waals surface area contributed by atoms with Crippen molar-refractivity contribution in [3.8, 4) is 11.6 Å². The first kappa shape index (κ1) is 9.68. The maximum Gasteiger partial charge on any atom is 0.246 e. The van der Waals surface area contributed by atoms with Gasteiger partial charge in [-0.3, -0.25) is 0 Å². The molecular weight excluding hydrogens is 267 g/mol. The zero-order valence-corrected chi connectivity index (χ0v) is 9.63. The summed E-state index contributed by atoms with van der Waals surface area (Å²) in [4.78, 5) is 8.27. The first-order valence-corrected chi connectivity index (χ1v) is 5.07. The van der Waals surface area contributed by atoms with Crippen LogP contribution in [0.15, 0.2) is 27.4 Å². The summed E-state index contributed by atoms with van der Waals surface area (Å²) in [5, 5.41) is 0.515. The smallest absolute Gasteiger partial charge is 0.246 e. The van der Waals surface area contributed by atoms with Crippen molar-refractivity contribution < 1.29 is 4.42 Å². The third kappa shape index (κ3) is 1.81. The summed E-state index contributed by atoms with van der Waals surface area (Å²) in [6.07, 6.45) is 3.22. The van der Waals surface area contributed by atoms with Gasteiger partial charge in [0.1, 0.15) is 12.0 Å². The first-order valence-electron chi connectivity index (χ1n) is 3.90. The first-order chi connectivity index (χ1) is 6.66. The maximum absolute atomic E-state index is 5.98. The molecule has 0 aliphatic carbocycles. The molecule has 2 rings (SSSR count). The lowest BCUT2D eigenvalue weighted by atomic mass is 10.3. The maximum atomic E-state index is 5.98. The number of aryl methyl sites for hydroxylation is 1. The molecule has 0 bridgehead atoms. The van der Waals surface area contributed by atoms with Gasteiger partial charge in [-0.05, 0) is 28.9 Å². The molecule has 72 valence electrons. The van der Waals surface area contributed by atoms with E-state index in [0.29, 0.717) is 16.6 Å². The molecule has 0 aliphatic rings. The molecule has 2 aromatic rings. The van der Waals surface area contributed by atoms with Crippen LogP contribution in [0.2, 0.25) is 5.02 Å². The molecular formula is C9H6BrClN2O. The molecule has 0 aromatic carbocycles. The second-order valence-electron chi connectivity index (χ2n) is 2.78. The van der Waals surface area contributed by atoms with Crippen LogP contribution >= 0.6 is 27.5 Å². The highest BCUT2D eigenvalue weighted by molar-refractivity contribution is 9.10. The van der Waals surface area contributed by atoms with E-state index in [2.05, 4.69) is 25.9 Å². The Balaban J connectivity index is 2.52. The second kappa shape index (κ2) is 3.71. The van der Waals surface area contributed by atoms with Crippen molar-refractivity contribution in [1.29, 1.82) is 0 Å². The highest BCUT2D eigenvalue weighted by Gasteiger charge is 2.10. The van der Waals surface area contributed by atoms with E-state index in [0.717, 1.165) is 10.2 Å². The summed E-state index contributed by atoms with van der Waals surface area (Å²) < 4.78 is 6.03. The zero-order chi connectivity index (χ0) is 10.1. The minimum Gasteiger partial charge on any atom is -0.443 e. The van der Waals surface area contributed by atoms with E-state index in [-0.39, 0.29) is 0 Å². The molecule has 0 N–H and O–H groups in total. The van der Waals surface area contributed by atoms with Crippen LogP contribution < -0.4 is 0 Å². The lowest BCUT2D eigenvalue weighted by molar-refractivity contribution is 0.571. The van der Waals surface area contributed by atoms with Gasteiger partial charge in [0, 0.05) is 10.7 Å². The molecule has 5 heteroatoms. The Morgan fingerprint density at radius 3 is 2.86 bits per heavy atom. The van der Waals surface area contributed by atoms with E-state index in [1.54, 1.807) is 18.5 Å². The average Bonchev–Trinajstić information content (AvgIpc) is 2.51. The number of pyridine rings is 1. The van der Waals surface area contributed by atoms with Crippen LogP contribution in [0.1, 0.15) is 5.69 Å². The average molecular weight is 274 g/mol. The topological polar surface area (TPSA) is 38.9 Å². The number of oxazole rings is 1. The minimum absolute atomic E-state index is 0.444. The number of nitrogens with zero attached hydrogens (tertiary/aromatic N) is 2. The monoisotopic (exact) mass is 272 g/mol. The molecule has 0 aliphatic heterocycles. The van der Waals surface area contributed by atoms with Gasteiger partial charge >= 0.3 is 0 Å².